The van der Waals surface area contributed by atoms with E-state index in [0.29, 0.717) is 30.9 Å². The molecule has 0 N–H and O–H groups in total. The number of carbonyl (C=O) groups excluding carboxylic acids is 1. The number of hydrogen-bond acceptors (Lipinski definition) is 5. The van der Waals surface area contributed by atoms with Crippen LogP contribution in [0, 0.1) is 0 Å². The van der Waals surface area contributed by atoms with Gasteiger partial charge >= 0.3 is 0 Å². The van der Waals surface area contributed by atoms with E-state index in [1.54, 1.807) is 18.4 Å². The Morgan fingerprint density at radius 1 is 1.11 bits per heavy atom. The van der Waals surface area contributed by atoms with Crippen molar-refractivity contribution in [3.63, 3.8) is 0 Å². The van der Waals surface area contributed by atoms with Crippen molar-refractivity contribution >= 4 is 21.6 Å². The van der Waals surface area contributed by atoms with Crippen molar-refractivity contribution in [2.45, 2.75) is 19.4 Å². The predicted molar refractivity (Wildman–Crippen MR) is 107 cm³/mol. The van der Waals surface area contributed by atoms with Crippen LogP contribution in [-0.4, -0.2) is 63.1 Å². The SMILES string of the molecule is CS(=O)(=O)N1CCCc2cc(C(=O)N3CCN(Cc4ccco4)CC3)ccc21. The monoisotopic (exact) mass is 403 g/mol. The molecule has 1 aromatic carbocycles. The number of anilines is 1. The van der Waals surface area contributed by atoms with Gasteiger partial charge in [-0.15, -0.1) is 0 Å². The number of fused-ring (bicyclic) bond motifs is 1. The van der Waals surface area contributed by atoms with Gasteiger partial charge in [0.15, 0.2) is 0 Å². The van der Waals surface area contributed by atoms with Crippen LogP contribution in [0.25, 0.3) is 0 Å². The van der Waals surface area contributed by atoms with E-state index in [1.165, 1.54) is 10.6 Å². The number of nitrogens with zero attached hydrogens (tertiary/aromatic N) is 3. The van der Waals surface area contributed by atoms with Crippen LogP contribution in [0.15, 0.2) is 41.0 Å². The minimum absolute atomic E-state index is 0.0110. The first-order valence-electron chi connectivity index (χ1n) is 9.56. The molecule has 0 spiro atoms. The molecule has 28 heavy (non-hydrogen) atoms. The third-order valence-corrected chi connectivity index (χ3v) is 6.60. The molecule has 1 saturated heterocycles. The lowest BCUT2D eigenvalue weighted by atomic mass is 10.00. The molecule has 2 aromatic rings. The third-order valence-electron chi connectivity index (χ3n) is 5.42. The molecule has 0 bridgehead atoms. The Morgan fingerprint density at radius 3 is 2.57 bits per heavy atom. The Morgan fingerprint density at radius 2 is 1.89 bits per heavy atom. The summed E-state index contributed by atoms with van der Waals surface area (Å²) in [6.45, 7) is 4.21. The van der Waals surface area contributed by atoms with Gasteiger partial charge in [-0.05, 0) is 48.7 Å². The first-order valence-corrected chi connectivity index (χ1v) is 11.4. The Hall–Kier alpha value is -2.32. The lowest BCUT2D eigenvalue weighted by molar-refractivity contribution is 0.0620. The van der Waals surface area contributed by atoms with Crippen molar-refractivity contribution < 1.29 is 17.6 Å². The molecule has 0 radical (unpaired) electrons. The van der Waals surface area contributed by atoms with Gasteiger partial charge in [0, 0.05) is 38.3 Å². The molecule has 7 nitrogen and oxygen atoms in total. The van der Waals surface area contributed by atoms with E-state index in [2.05, 4.69) is 4.90 Å². The number of carbonyl (C=O) groups is 1. The van der Waals surface area contributed by atoms with Crippen LogP contribution < -0.4 is 4.31 Å². The highest BCUT2D eigenvalue weighted by atomic mass is 32.2. The molecular weight excluding hydrogens is 378 g/mol. The summed E-state index contributed by atoms with van der Waals surface area (Å²) in [7, 11) is -3.30. The van der Waals surface area contributed by atoms with Gasteiger partial charge in [-0.25, -0.2) is 8.42 Å². The average molecular weight is 404 g/mol. The quantitative estimate of drug-likeness (QED) is 0.780. The smallest absolute Gasteiger partial charge is 0.253 e. The lowest BCUT2D eigenvalue weighted by Crippen LogP contribution is -2.48. The number of piperazine rings is 1. The van der Waals surface area contributed by atoms with E-state index in [9.17, 15) is 13.2 Å². The number of amides is 1. The Bertz CT molecular complexity index is 948. The molecule has 4 rings (SSSR count). The first-order chi connectivity index (χ1) is 13.4. The maximum Gasteiger partial charge on any atom is 0.253 e. The highest BCUT2D eigenvalue weighted by molar-refractivity contribution is 7.92. The summed E-state index contributed by atoms with van der Waals surface area (Å²) >= 11 is 0. The molecule has 0 aliphatic carbocycles. The highest BCUT2D eigenvalue weighted by Crippen LogP contribution is 2.30. The minimum atomic E-state index is -3.30. The summed E-state index contributed by atoms with van der Waals surface area (Å²) in [4.78, 5) is 17.1. The largest absolute Gasteiger partial charge is 0.468 e. The second-order valence-electron chi connectivity index (χ2n) is 7.43. The van der Waals surface area contributed by atoms with Crippen molar-refractivity contribution in [2.75, 3.05) is 43.3 Å². The zero-order valence-corrected chi connectivity index (χ0v) is 16.8. The number of furan rings is 1. The van der Waals surface area contributed by atoms with Crippen LogP contribution in [0.4, 0.5) is 5.69 Å². The van der Waals surface area contributed by atoms with Gasteiger partial charge in [0.25, 0.3) is 5.91 Å². The van der Waals surface area contributed by atoms with E-state index in [1.807, 2.05) is 23.1 Å². The zero-order valence-electron chi connectivity index (χ0n) is 16.0. The molecule has 0 atom stereocenters. The fourth-order valence-corrected chi connectivity index (χ4v) is 4.95. The molecular formula is C20H25N3O4S. The van der Waals surface area contributed by atoms with E-state index in [0.717, 1.165) is 43.8 Å². The summed E-state index contributed by atoms with van der Waals surface area (Å²) < 4.78 is 30.8. The first kappa shape index (κ1) is 19.0. The fraction of sp³-hybridized carbons (Fsp3) is 0.450. The lowest BCUT2D eigenvalue weighted by Gasteiger charge is -2.34. The Balaban J connectivity index is 1.43. The van der Waals surface area contributed by atoms with E-state index >= 15 is 0 Å². The van der Waals surface area contributed by atoms with Gasteiger partial charge in [-0.1, -0.05) is 0 Å². The standard InChI is InChI=1S/C20H25N3O4S/c1-28(25,26)23-8-2-4-16-14-17(6-7-19(16)23)20(24)22-11-9-21(10-12-22)15-18-5-3-13-27-18/h3,5-7,13-14H,2,4,8-12,15H2,1H3. The number of sulfonamides is 1. The predicted octanol–water partition coefficient (Wildman–Crippen LogP) is 1.95. The zero-order chi connectivity index (χ0) is 19.7. The topological polar surface area (TPSA) is 74.1 Å². The summed E-state index contributed by atoms with van der Waals surface area (Å²) in [5.41, 5.74) is 2.26. The van der Waals surface area contributed by atoms with Gasteiger partial charge < -0.3 is 9.32 Å². The van der Waals surface area contributed by atoms with Crippen LogP contribution in [-0.2, 0) is 23.0 Å². The molecule has 1 fully saturated rings. The number of hydrogen-bond donors (Lipinski definition) is 0. The fourth-order valence-electron chi connectivity index (χ4n) is 3.95. The van der Waals surface area contributed by atoms with Crippen molar-refractivity contribution in [1.29, 1.82) is 0 Å². The van der Waals surface area contributed by atoms with Gasteiger partial charge in [-0.3, -0.25) is 14.0 Å². The molecule has 150 valence electrons. The van der Waals surface area contributed by atoms with Crippen molar-refractivity contribution in [3.8, 4) is 0 Å². The van der Waals surface area contributed by atoms with Crippen LogP contribution in [0.5, 0.6) is 0 Å². The van der Waals surface area contributed by atoms with Crippen LogP contribution in [0.1, 0.15) is 28.1 Å². The molecule has 1 amide bonds. The number of benzene rings is 1. The second kappa shape index (κ2) is 7.60. The molecule has 2 aliphatic heterocycles. The second-order valence-corrected chi connectivity index (χ2v) is 9.34. The summed E-state index contributed by atoms with van der Waals surface area (Å²) in [5.74, 6) is 0.946. The van der Waals surface area contributed by atoms with Crippen molar-refractivity contribution in [2.24, 2.45) is 0 Å². The van der Waals surface area contributed by atoms with Crippen LogP contribution >= 0.6 is 0 Å². The van der Waals surface area contributed by atoms with E-state index in [4.69, 9.17) is 4.42 Å². The molecule has 3 heterocycles. The van der Waals surface area contributed by atoms with E-state index in [-0.39, 0.29) is 5.91 Å². The van der Waals surface area contributed by atoms with Gasteiger partial charge in [0.1, 0.15) is 5.76 Å². The van der Waals surface area contributed by atoms with Crippen molar-refractivity contribution in [3.05, 3.63) is 53.5 Å². The summed E-state index contributed by atoms with van der Waals surface area (Å²) in [6.07, 6.45) is 4.46. The van der Waals surface area contributed by atoms with Crippen LogP contribution in [0.2, 0.25) is 0 Å². The third kappa shape index (κ3) is 3.93. The van der Waals surface area contributed by atoms with Gasteiger partial charge in [0.2, 0.25) is 10.0 Å². The Labute approximate surface area is 165 Å². The highest BCUT2D eigenvalue weighted by Gasteiger charge is 2.27. The summed E-state index contributed by atoms with van der Waals surface area (Å²) in [5, 5.41) is 0. The molecule has 2 aliphatic rings. The molecule has 0 unspecified atom stereocenters. The molecule has 0 saturated carbocycles. The van der Waals surface area contributed by atoms with E-state index < -0.39 is 10.0 Å². The maximum absolute atomic E-state index is 12.9. The summed E-state index contributed by atoms with van der Waals surface area (Å²) in [6, 6.07) is 9.24. The Kier molecular flexibility index (Phi) is 5.16. The minimum Gasteiger partial charge on any atom is -0.468 e. The van der Waals surface area contributed by atoms with Gasteiger partial charge in [0.05, 0.1) is 24.8 Å². The number of rotatable bonds is 4. The maximum atomic E-state index is 12.9. The van der Waals surface area contributed by atoms with Gasteiger partial charge in [-0.2, -0.15) is 0 Å². The number of aryl methyl sites for hydroxylation is 1. The molecule has 8 heteroatoms. The molecule has 1 aromatic heterocycles. The van der Waals surface area contributed by atoms with Crippen LogP contribution in [0.3, 0.4) is 0 Å². The van der Waals surface area contributed by atoms with Crippen molar-refractivity contribution in [1.82, 2.24) is 9.80 Å². The normalized spacial score (nSPS) is 18.2. The average Bonchev–Trinajstić information content (AvgIpc) is 3.19.